The van der Waals surface area contributed by atoms with E-state index >= 15 is 4.39 Å². The van der Waals surface area contributed by atoms with Crippen LogP contribution in [0.4, 0.5) is 27.4 Å². The Labute approximate surface area is 375 Å². The summed E-state index contributed by atoms with van der Waals surface area (Å²) in [6.45, 7) is 5.93. The van der Waals surface area contributed by atoms with Gasteiger partial charge in [-0.15, -0.1) is 0 Å². The fourth-order valence-corrected chi connectivity index (χ4v) is 9.88. The zero-order valence-corrected chi connectivity index (χ0v) is 37.3. The zero-order chi connectivity index (χ0) is 44.1. The number of imide groups is 1. The summed E-state index contributed by atoms with van der Waals surface area (Å²) in [5, 5.41) is 8.58. The van der Waals surface area contributed by atoms with E-state index in [0.717, 1.165) is 56.9 Å². The van der Waals surface area contributed by atoms with E-state index in [1.165, 1.54) is 32.9 Å². The summed E-state index contributed by atoms with van der Waals surface area (Å²) in [5.41, 5.74) is 0.465. The number of hydrogen-bond donors (Lipinski definition) is 3. The van der Waals surface area contributed by atoms with Crippen LogP contribution in [0.5, 0.6) is 0 Å². The van der Waals surface area contributed by atoms with E-state index in [2.05, 4.69) is 30.7 Å². The second-order valence-electron chi connectivity index (χ2n) is 17.3. The number of halogens is 2. The van der Waals surface area contributed by atoms with E-state index in [0.29, 0.717) is 59.4 Å². The van der Waals surface area contributed by atoms with Crippen LogP contribution in [-0.4, -0.2) is 74.0 Å². The molecule has 0 bridgehead atoms. The van der Waals surface area contributed by atoms with Gasteiger partial charge in [0.05, 0.1) is 22.8 Å². The smallest absolute Gasteiger partial charge is 0.336 e. The van der Waals surface area contributed by atoms with Crippen molar-refractivity contribution in [3.05, 3.63) is 113 Å². The lowest BCUT2D eigenvalue weighted by molar-refractivity contribution is -0.134. The lowest BCUT2D eigenvalue weighted by Crippen LogP contribution is -2.43. The number of rotatable bonds is 10. The number of carbonyl (C=O) groups excluding carboxylic acids is 3. The summed E-state index contributed by atoms with van der Waals surface area (Å²) in [5.74, 6) is -0.191. The minimum absolute atomic E-state index is 0.0723. The van der Waals surface area contributed by atoms with Gasteiger partial charge in [0, 0.05) is 66.1 Å². The number of fused-ring (bicyclic) bond motifs is 1. The van der Waals surface area contributed by atoms with Gasteiger partial charge < -0.3 is 20.4 Å². The highest BCUT2D eigenvalue weighted by atomic mass is 127. The molecule has 63 heavy (non-hydrogen) atoms. The third kappa shape index (κ3) is 8.56. The van der Waals surface area contributed by atoms with Gasteiger partial charge >= 0.3 is 5.69 Å². The Morgan fingerprint density at radius 3 is 2.35 bits per heavy atom. The number of pyridine rings is 2. The van der Waals surface area contributed by atoms with Gasteiger partial charge in [-0.05, 0) is 141 Å². The lowest BCUT2D eigenvalue weighted by atomic mass is 9.91. The SMILES string of the molecule is Cc1c(=O)n(C)c(Nc2ccc(I)cc2F)c2c(=O)n(C3CC3)c(=O)n(-c3cccc(NC(=O)C4CCN(CC5CCN(c6ccc(C7CCC(=O)NC7=O)cn6)CC5)CC4)c3)c12. The van der Waals surface area contributed by atoms with E-state index in [-0.39, 0.29) is 63.6 Å². The number of nitrogens with one attached hydrogen (secondary N) is 3. The Morgan fingerprint density at radius 1 is 0.905 bits per heavy atom. The summed E-state index contributed by atoms with van der Waals surface area (Å²) >= 11 is 2.00. The maximum absolute atomic E-state index is 15.1. The Bertz CT molecular complexity index is 2820. The van der Waals surface area contributed by atoms with E-state index in [1.54, 1.807) is 43.5 Å². The lowest BCUT2D eigenvalue weighted by Gasteiger charge is -2.37. The number of amides is 3. The normalized spacial score (nSPS) is 19.0. The standard InChI is InChI=1S/C46H49FIN9O6/c1-26-40-39(41(53(2)44(26)61)51-36-11-7-30(48)22-35(36)47)45(62)57(32-8-9-32)46(63)56(40)33-5-3-4-31(23-33)50-42(59)28-16-18-54(19-17-28)25-27-14-20-55(21-15-27)37-12-6-29(24-49-37)34-10-13-38(58)52-43(34)60/h3-7,11-12,22-24,27-28,32,34,51H,8-10,13-21,25H2,1-2H3,(H,50,59)(H,52,58,60). The molecule has 0 spiro atoms. The van der Waals surface area contributed by atoms with Crippen LogP contribution < -0.4 is 37.7 Å². The van der Waals surface area contributed by atoms with Crippen molar-refractivity contribution < 1.29 is 18.8 Å². The number of hydrogen-bond acceptors (Lipinski definition) is 10. The van der Waals surface area contributed by atoms with Crippen LogP contribution in [0, 0.1) is 28.1 Å². The third-order valence-electron chi connectivity index (χ3n) is 13.1. The van der Waals surface area contributed by atoms with Gasteiger partial charge in [0.25, 0.3) is 11.1 Å². The van der Waals surface area contributed by atoms with Crippen molar-refractivity contribution in [2.45, 2.75) is 70.3 Å². The van der Waals surface area contributed by atoms with Crippen LogP contribution in [0.15, 0.2) is 75.2 Å². The number of likely N-dealkylation sites (tertiary alicyclic amines) is 1. The molecule has 0 radical (unpaired) electrons. The zero-order valence-electron chi connectivity index (χ0n) is 35.2. The number of benzene rings is 2. The molecule has 328 valence electrons. The van der Waals surface area contributed by atoms with Gasteiger partial charge in [-0.2, -0.15) is 0 Å². The molecule has 6 heterocycles. The molecule has 4 aliphatic rings. The van der Waals surface area contributed by atoms with Crippen LogP contribution in [0.25, 0.3) is 16.6 Å². The molecule has 1 aliphatic carbocycles. The number of carbonyl (C=O) groups is 3. The van der Waals surface area contributed by atoms with E-state index in [1.807, 2.05) is 34.7 Å². The van der Waals surface area contributed by atoms with Crippen molar-refractivity contribution in [1.82, 2.24) is 28.9 Å². The third-order valence-corrected chi connectivity index (χ3v) is 13.8. The number of aromatic nitrogens is 4. The van der Waals surface area contributed by atoms with Crippen LogP contribution in [0.3, 0.4) is 0 Å². The molecule has 3 aromatic heterocycles. The largest absolute Gasteiger partial charge is 0.357 e. The minimum atomic E-state index is -0.586. The van der Waals surface area contributed by atoms with Crippen LogP contribution in [-0.2, 0) is 21.4 Å². The summed E-state index contributed by atoms with van der Waals surface area (Å²) in [4.78, 5) is 89.3. The van der Waals surface area contributed by atoms with Crippen LogP contribution >= 0.6 is 22.6 Å². The number of nitrogens with zero attached hydrogens (tertiary/aromatic N) is 6. The van der Waals surface area contributed by atoms with Crippen molar-refractivity contribution in [2.75, 3.05) is 48.3 Å². The molecule has 2 aromatic carbocycles. The van der Waals surface area contributed by atoms with Crippen molar-refractivity contribution in [1.29, 1.82) is 0 Å². The van der Waals surface area contributed by atoms with Crippen LogP contribution in [0.1, 0.15) is 74.5 Å². The summed E-state index contributed by atoms with van der Waals surface area (Å²) < 4.78 is 19.7. The molecular formula is C46H49FIN9O6. The molecule has 3 aliphatic heterocycles. The van der Waals surface area contributed by atoms with Gasteiger partial charge in [0.2, 0.25) is 17.7 Å². The topological polar surface area (TPSA) is 173 Å². The molecule has 3 N–H and O–H groups in total. The molecule has 1 atom stereocenters. The van der Waals surface area contributed by atoms with Gasteiger partial charge in [-0.25, -0.2) is 14.2 Å². The van der Waals surface area contributed by atoms with Gasteiger partial charge in [-0.1, -0.05) is 12.1 Å². The van der Waals surface area contributed by atoms with Gasteiger partial charge in [0.1, 0.15) is 22.8 Å². The van der Waals surface area contributed by atoms with E-state index in [4.69, 9.17) is 0 Å². The monoisotopic (exact) mass is 969 g/mol. The van der Waals surface area contributed by atoms with Crippen molar-refractivity contribution in [2.24, 2.45) is 18.9 Å². The molecule has 3 saturated heterocycles. The highest BCUT2D eigenvalue weighted by Gasteiger charge is 2.33. The molecule has 1 unspecified atom stereocenters. The predicted molar refractivity (Wildman–Crippen MR) is 247 cm³/mol. The second-order valence-corrected chi connectivity index (χ2v) is 18.6. The minimum Gasteiger partial charge on any atom is -0.357 e. The fourth-order valence-electron chi connectivity index (χ4n) is 9.43. The highest BCUT2D eigenvalue weighted by molar-refractivity contribution is 14.1. The Morgan fingerprint density at radius 2 is 1.67 bits per heavy atom. The van der Waals surface area contributed by atoms with E-state index in [9.17, 15) is 28.8 Å². The molecule has 4 fully saturated rings. The van der Waals surface area contributed by atoms with E-state index < -0.39 is 22.6 Å². The highest BCUT2D eigenvalue weighted by Crippen LogP contribution is 2.35. The van der Waals surface area contributed by atoms with Crippen molar-refractivity contribution >= 4 is 74.2 Å². The first-order valence-corrected chi connectivity index (χ1v) is 22.7. The molecular weight excluding hydrogens is 920 g/mol. The van der Waals surface area contributed by atoms with Gasteiger partial charge in [0.15, 0.2) is 0 Å². The molecule has 15 nitrogen and oxygen atoms in total. The molecule has 5 aromatic rings. The van der Waals surface area contributed by atoms with Crippen molar-refractivity contribution in [3.63, 3.8) is 0 Å². The Balaban J connectivity index is 0.860. The predicted octanol–water partition coefficient (Wildman–Crippen LogP) is 5.46. The number of piperidine rings is 3. The molecule has 9 rings (SSSR count). The number of anilines is 4. The fraction of sp³-hybridized carbons (Fsp3) is 0.413. The Hall–Kier alpha value is -5.69. The number of aryl methyl sites for hydroxylation is 1. The first-order chi connectivity index (χ1) is 30.3. The second kappa shape index (κ2) is 17.5. The average Bonchev–Trinajstić information content (AvgIpc) is 4.11. The first kappa shape index (κ1) is 42.6. The molecule has 3 amide bonds. The summed E-state index contributed by atoms with van der Waals surface area (Å²) in [6.07, 6.45) is 7.38. The summed E-state index contributed by atoms with van der Waals surface area (Å²) in [6, 6.07) is 15.1. The summed E-state index contributed by atoms with van der Waals surface area (Å²) in [7, 11) is 1.51. The maximum Gasteiger partial charge on any atom is 0.336 e. The molecule has 1 saturated carbocycles. The Kier molecular flexibility index (Phi) is 11.8. The quantitative estimate of drug-likeness (QED) is 0.121. The van der Waals surface area contributed by atoms with Gasteiger partial charge in [-0.3, -0.25) is 43.0 Å². The van der Waals surface area contributed by atoms with Crippen molar-refractivity contribution in [3.8, 4) is 5.69 Å². The average molecular weight is 970 g/mol. The molecule has 17 heteroatoms. The van der Waals surface area contributed by atoms with Crippen LogP contribution in [0.2, 0.25) is 0 Å². The first-order valence-electron chi connectivity index (χ1n) is 21.7. The maximum atomic E-state index is 15.1.